The van der Waals surface area contributed by atoms with E-state index >= 15 is 0 Å². The Morgan fingerprint density at radius 3 is 1.89 bits per heavy atom. The molecular weight excluding hydrogens is 246 g/mol. The smallest absolute Gasteiger partial charge is 0.327 e. The summed E-state index contributed by atoms with van der Waals surface area (Å²) in [5.41, 5.74) is 0. The van der Waals surface area contributed by atoms with Crippen LogP contribution in [0.3, 0.4) is 0 Å². The van der Waals surface area contributed by atoms with Crippen LogP contribution in [0.15, 0.2) is 0 Å². The molecule has 19 heavy (non-hydrogen) atoms. The van der Waals surface area contributed by atoms with Gasteiger partial charge >= 0.3 is 5.97 Å². The first-order valence-corrected chi connectivity index (χ1v) is 7.39. The van der Waals surface area contributed by atoms with Crippen molar-refractivity contribution in [3.63, 3.8) is 0 Å². The molecule has 0 rings (SSSR count). The fourth-order valence-electron chi connectivity index (χ4n) is 2.07. The lowest BCUT2D eigenvalue weighted by Crippen LogP contribution is -2.18. The second-order valence-electron chi connectivity index (χ2n) is 5.04. The Bertz CT molecular complexity index is 212. The molecule has 0 amide bonds. The van der Waals surface area contributed by atoms with Crippen LogP contribution in [0.25, 0.3) is 0 Å². The highest BCUT2D eigenvalue weighted by molar-refractivity contribution is 5.69. The molecule has 0 spiro atoms. The number of hydrogen-bond acceptors (Lipinski definition) is 5. The van der Waals surface area contributed by atoms with E-state index in [4.69, 9.17) is 11.0 Å². The van der Waals surface area contributed by atoms with Crippen molar-refractivity contribution in [2.45, 2.75) is 76.7 Å². The van der Waals surface area contributed by atoms with Crippen molar-refractivity contribution in [2.24, 2.45) is 5.90 Å². The van der Waals surface area contributed by atoms with Crippen molar-refractivity contribution < 1.29 is 19.8 Å². The Labute approximate surface area is 116 Å². The normalized spacial score (nSPS) is 12.4. The van der Waals surface area contributed by atoms with Gasteiger partial charge in [0.1, 0.15) is 0 Å². The third-order valence-electron chi connectivity index (χ3n) is 3.23. The molecule has 0 bridgehead atoms. The molecule has 0 saturated heterocycles. The summed E-state index contributed by atoms with van der Waals surface area (Å²) in [4.78, 5) is 14.8. The monoisotopic (exact) mass is 275 g/mol. The van der Waals surface area contributed by atoms with Crippen LogP contribution in [0, 0.1) is 0 Å². The zero-order valence-corrected chi connectivity index (χ0v) is 11.9. The van der Waals surface area contributed by atoms with Gasteiger partial charge in [-0.3, -0.25) is 4.79 Å². The number of aliphatic hydroxyl groups excluding tert-OH is 2. The van der Waals surface area contributed by atoms with Gasteiger partial charge in [0.2, 0.25) is 0 Å². The van der Waals surface area contributed by atoms with Gasteiger partial charge in [0.05, 0.1) is 12.5 Å². The number of carbonyl (C=O) groups excluding carboxylic acids is 1. The number of hydrogen-bond donors (Lipinski definition) is 3. The maximum absolute atomic E-state index is 10.8. The van der Waals surface area contributed by atoms with E-state index in [-0.39, 0.29) is 6.42 Å². The summed E-state index contributed by atoms with van der Waals surface area (Å²) in [7, 11) is 0. The highest BCUT2D eigenvalue weighted by atomic mass is 16.7. The van der Waals surface area contributed by atoms with Crippen LogP contribution in [0.4, 0.5) is 0 Å². The van der Waals surface area contributed by atoms with E-state index in [1.165, 1.54) is 32.1 Å². The SMILES string of the molecule is NOC(=O)CC(O)CCCCCCCCCCCO. The van der Waals surface area contributed by atoms with E-state index in [1.54, 1.807) is 0 Å². The zero-order valence-electron chi connectivity index (χ0n) is 11.9. The first-order chi connectivity index (χ1) is 9.20. The molecule has 0 aromatic heterocycles. The van der Waals surface area contributed by atoms with Crippen LogP contribution in [-0.2, 0) is 9.63 Å². The number of unbranched alkanes of at least 4 members (excludes halogenated alkanes) is 8. The van der Waals surface area contributed by atoms with E-state index in [0.717, 1.165) is 25.7 Å². The van der Waals surface area contributed by atoms with Gasteiger partial charge in [-0.2, -0.15) is 5.90 Å². The Morgan fingerprint density at radius 2 is 1.42 bits per heavy atom. The van der Waals surface area contributed by atoms with E-state index < -0.39 is 12.1 Å². The second kappa shape index (κ2) is 13.8. The Kier molecular flexibility index (Phi) is 13.3. The minimum atomic E-state index is -0.630. The van der Waals surface area contributed by atoms with Crippen LogP contribution >= 0.6 is 0 Å². The summed E-state index contributed by atoms with van der Waals surface area (Å²) in [5.74, 6) is 4.14. The summed E-state index contributed by atoms with van der Waals surface area (Å²) in [6.07, 6.45) is 10.1. The molecule has 0 aromatic carbocycles. The molecule has 0 aliphatic carbocycles. The van der Waals surface area contributed by atoms with Crippen molar-refractivity contribution in [3.8, 4) is 0 Å². The predicted molar refractivity (Wildman–Crippen MR) is 74.2 cm³/mol. The second-order valence-corrected chi connectivity index (χ2v) is 5.04. The Hall–Kier alpha value is -0.650. The van der Waals surface area contributed by atoms with E-state index in [2.05, 4.69) is 4.84 Å². The Balaban J connectivity index is 3.16. The maximum atomic E-state index is 10.8. The van der Waals surface area contributed by atoms with E-state index in [0.29, 0.717) is 13.0 Å². The third kappa shape index (κ3) is 13.6. The van der Waals surface area contributed by atoms with Crippen LogP contribution in [0.5, 0.6) is 0 Å². The lowest BCUT2D eigenvalue weighted by Gasteiger charge is -2.08. The average Bonchev–Trinajstić information content (AvgIpc) is 2.40. The first-order valence-electron chi connectivity index (χ1n) is 7.39. The van der Waals surface area contributed by atoms with Gasteiger partial charge in [-0.05, 0) is 12.8 Å². The number of nitrogens with two attached hydrogens (primary N) is 1. The average molecular weight is 275 g/mol. The maximum Gasteiger partial charge on any atom is 0.327 e. The number of rotatable bonds is 13. The van der Waals surface area contributed by atoms with Gasteiger partial charge in [-0.1, -0.05) is 51.4 Å². The lowest BCUT2D eigenvalue weighted by atomic mass is 10.0. The minimum absolute atomic E-state index is 0.0125. The summed E-state index contributed by atoms with van der Waals surface area (Å²) >= 11 is 0. The largest absolute Gasteiger partial charge is 0.396 e. The molecule has 0 fully saturated rings. The summed E-state index contributed by atoms with van der Waals surface area (Å²) in [5, 5.41) is 18.1. The fraction of sp³-hybridized carbons (Fsp3) is 0.929. The molecule has 5 nitrogen and oxygen atoms in total. The quantitative estimate of drug-likeness (QED) is 0.353. The van der Waals surface area contributed by atoms with Crippen molar-refractivity contribution in [2.75, 3.05) is 6.61 Å². The fourth-order valence-corrected chi connectivity index (χ4v) is 2.07. The molecule has 0 aromatic rings. The van der Waals surface area contributed by atoms with Gasteiger partial charge in [-0.25, -0.2) is 0 Å². The first kappa shape index (κ1) is 18.4. The standard InChI is InChI=1S/C14H29NO4/c15-19-14(18)12-13(17)10-8-6-4-2-1-3-5-7-9-11-16/h13,16-17H,1-12,15H2. The third-order valence-corrected chi connectivity index (χ3v) is 3.23. The van der Waals surface area contributed by atoms with Crippen molar-refractivity contribution >= 4 is 5.97 Å². The highest BCUT2D eigenvalue weighted by Crippen LogP contribution is 2.12. The van der Waals surface area contributed by atoms with Crippen molar-refractivity contribution in [1.82, 2.24) is 0 Å². The van der Waals surface area contributed by atoms with Crippen LogP contribution < -0.4 is 5.90 Å². The van der Waals surface area contributed by atoms with Gasteiger partial charge in [0, 0.05) is 6.61 Å². The topological polar surface area (TPSA) is 92.8 Å². The van der Waals surface area contributed by atoms with Crippen molar-refractivity contribution in [1.29, 1.82) is 0 Å². The van der Waals surface area contributed by atoms with Gasteiger partial charge in [0.25, 0.3) is 0 Å². The van der Waals surface area contributed by atoms with E-state index in [9.17, 15) is 9.90 Å². The van der Waals surface area contributed by atoms with Crippen LogP contribution in [0.2, 0.25) is 0 Å². The summed E-state index contributed by atoms with van der Waals surface area (Å²) < 4.78 is 0. The van der Waals surface area contributed by atoms with Gasteiger partial charge in [0.15, 0.2) is 0 Å². The van der Waals surface area contributed by atoms with Crippen molar-refractivity contribution in [3.05, 3.63) is 0 Å². The van der Waals surface area contributed by atoms with E-state index in [1.807, 2.05) is 0 Å². The number of aliphatic hydroxyl groups is 2. The lowest BCUT2D eigenvalue weighted by molar-refractivity contribution is -0.146. The van der Waals surface area contributed by atoms with Gasteiger partial charge in [-0.15, -0.1) is 0 Å². The summed E-state index contributed by atoms with van der Waals surface area (Å²) in [6, 6.07) is 0. The molecule has 114 valence electrons. The molecule has 4 N–H and O–H groups in total. The molecule has 1 atom stereocenters. The molecule has 0 heterocycles. The molecule has 0 saturated carbocycles. The molecule has 0 aliphatic heterocycles. The Morgan fingerprint density at radius 1 is 0.947 bits per heavy atom. The molecular formula is C14H29NO4. The number of carbonyl (C=O) groups is 1. The zero-order chi connectivity index (χ0) is 14.3. The predicted octanol–water partition coefficient (Wildman–Crippen LogP) is 2.05. The van der Waals surface area contributed by atoms with Gasteiger partial charge < -0.3 is 15.1 Å². The van der Waals surface area contributed by atoms with Crippen LogP contribution in [0.1, 0.15) is 70.6 Å². The summed E-state index contributed by atoms with van der Waals surface area (Å²) in [6.45, 7) is 0.306. The molecule has 5 heteroatoms. The molecule has 0 radical (unpaired) electrons. The minimum Gasteiger partial charge on any atom is -0.396 e. The molecule has 0 aliphatic rings. The van der Waals surface area contributed by atoms with Crippen LogP contribution in [-0.4, -0.2) is 28.9 Å². The highest BCUT2D eigenvalue weighted by Gasteiger charge is 2.10. The molecule has 1 unspecified atom stereocenters.